The van der Waals surface area contributed by atoms with Crippen molar-refractivity contribution in [2.75, 3.05) is 5.73 Å². The van der Waals surface area contributed by atoms with Gasteiger partial charge in [-0.1, -0.05) is 24.4 Å². The van der Waals surface area contributed by atoms with Crippen molar-refractivity contribution in [3.8, 4) is 0 Å². The topological polar surface area (TPSA) is 78.2 Å². The highest BCUT2D eigenvalue weighted by molar-refractivity contribution is 7.78. The van der Waals surface area contributed by atoms with E-state index in [0.717, 1.165) is 8.60 Å². The molecule has 6 nitrogen and oxygen atoms in total. The molecule has 0 amide bonds. The lowest BCUT2D eigenvalue weighted by molar-refractivity contribution is 0.777. The fourth-order valence-corrected chi connectivity index (χ4v) is 1.26. The molecule has 2 rings (SSSR count). The number of halogens is 1. The molecular formula is C5H4ClN5OS. The van der Waals surface area contributed by atoms with E-state index in [-0.39, 0.29) is 16.5 Å². The van der Waals surface area contributed by atoms with Crippen LogP contribution in [0.2, 0.25) is 5.02 Å². The average Bonchev–Trinajstić information content (AvgIpc) is 2.43. The molecule has 2 heterocycles. The molecule has 0 aliphatic rings. The second-order valence-electron chi connectivity index (χ2n) is 2.31. The smallest absolute Gasteiger partial charge is 0.292 e. The van der Waals surface area contributed by atoms with Crippen LogP contribution in [-0.2, 0) is 0 Å². The van der Waals surface area contributed by atoms with Gasteiger partial charge >= 0.3 is 0 Å². The summed E-state index contributed by atoms with van der Waals surface area (Å²) in [6.07, 6.45) is 1.32. The molecule has 0 aromatic carbocycles. The summed E-state index contributed by atoms with van der Waals surface area (Å²) in [6, 6.07) is 0. The molecule has 2 N–H and O–H groups in total. The number of nitrogens with zero attached hydrogens (tertiary/aromatic N) is 4. The number of aromatic nitrogens is 4. The van der Waals surface area contributed by atoms with Gasteiger partial charge in [-0.3, -0.25) is 4.79 Å². The van der Waals surface area contributed by atoms with Gasteiger partial charge in [-0.05, 0) is 0 Å². The molecule has 8 heteroatoms. The summed E-state index contributed by atoms with van der Waals surface area (Å²) in [6.45, 7) is 0. The minimum absolute atomic E-state index is 0.0411. The molecule has 0 atom stereocenters. The summed E-state index contributed by atoms with van der Waals surface area (Å²) < 4.78 is 1.98. The highest BCUT2D eigenvalue weighted by Crippen LogP contribution is 2.12. The number of hydrogen-bond acceptors (Lipinski definition) is 5. The Labute approximate surface area is 82.5 Å². The average molecular weight is 218 g/mol. The first kappa shape index (κ1) is 8.39. The third-order valence-electron chi connectivity index (χ3n) is 1.52. The van der Waals surface area contributed by atoms with Crippen molar-refractivity contribution >= 4 is 35.9 Å². The van der Waals surface area contributed by atoms with Crippen LogP contribution in [-0.4, -0.2) is 18.8 Å². The number of fused-ring (bicyclic) bond motifs is 1. The summed E-state index contributed by atoms with van der Waals surface area (Å²) in [4.78, 5) is 11.5. The van der Waals surface area contributed by atoms with Gasteiger partial charge in [0, 0.05) is 0 Å². The summed E-state index contributed by atoms with van der Waals surface area (Å²) >= 11 is 9.52. The Bertz CT molecular complexity index is 531. The fourth-order valence-electron chi connectivity index (χ4n) is 0.927. The Morgan fingerprint density at radius 2 is 2.31 bits per heavy atom. The number of thiol groups is 1. The zero-order chi connectivity index (χ0) is 9.59. The predicted molar refractivity (Wildman–Crippen MR) is 51.1 cm³/mol. The molecule has 0 bridgehead atoms. The monoisotopic (exact) mass is 217 g/mol. The van der Waals surface area contributed by atoms with E-state index in [1.807, 2.05) is 0 Å². The lowest BCUT2D eigenvalue weighted by atomic mass is 10.5. The second kappa shape index (κ2) is 2.64. The summed E-state index contributed by atoms with van der Waals surface area (Å²) in [5.41, 5.74) is 5.08. The molecule has 0 saturated carbocycles. The van der Waals surface area contributed by atoms with Gasteiger partial charge in [-0.15, -0.1) is 9.73 Å². The van der Waals surface area contributed by atoms with E-state index >= 15 is 0 Å². The van der Waals surface area contributed by atoms with Gasteiger partial charge in [-0.25, -0.2) is 3.97 Å². The Morgan fingerprint density at radius 1 is 1.62 bits per heavy atom. The Kier molecular flexibility index (Phi) is 1.70. The van der Waals surface area contributed by atoms with E-state index in [1.54, 1.807) is 0 Å². The predicted octanol–water partition coefficient (Wildman–Crippen LogP) is -0.181. The van der Waals surface area contributed by atoms with Gasteiger partial charge in [0.25, 0.3) is 5.56 Å². The zero-order valence-electron chi connectivity index (χ0n) is 6.18. The van der Waals surface area contributed by atoms with Crippen LogP contribution in [0.5, 0.6) is 0 Å². The van der Waals surface area contributed by atoms with Gasteiger partial charge in [0.15, 0.2) is 5.52 Å². The molecule has 0 fully saturated rings. The van der Waals surface area contributed by atoms with E-state index < -0.39 is 5.56 Å². The van der Waals surface area contributed by atoms with E-state index in [2.05, 4.69) is 23.0 Å². The number of nitrogen functional groups attached to an aromatic ring is 1. The number of nitrogens with two attached hydrogens (primary N) is 1. The maximum atomic E-state index is 11.5. The normalized spacial score (nSPS) is 10.9. The van der Waals surface area contributed by atoms with Gasteiger partial charge < -0.3 is 5.73 Å². The third kappa shape index (κ3) is 1.08. The van der Waals surface area contributed by atoms with Gasteiger partial charge in [0.2, 0.25) is 5.95 Å². The van der Waals surface area contributed by atoms with Crippen LogP contribution < -0.4 is 11.3 Å². The van der Waals surface area contributed by atoms with E-state index in [0.29, 0.717) is 0 Å². The van der Waals surface area contributed by atoms with E-state index in [9.17, 15) is 4.79 Å². The summed E-state index contributed by atoms with van der Waals surface area (Å²) in [7, 11) is 0. The Hall–Kier alpha value is -1.21. The van der Waals surface area contributed by atoms with Crippen molar-refractivity contribution < 1.29 is 0 Å². The van der Waals surface area contributed by atoms with Gasteiger partial charge in [0.1, 0.15) is 0 Å². The van der Waals surface area contributed by atoms with E-state index in [1.165, 1.54) is 6.20 Å². The maximum absolute atomic E-state index is 11.5. The lowest BCUT2D eigenvalue weighted by Gasteiger charge is -1.99. The molecule has 0 unspecified atom stereocenters. The van der Waals surface area contributed by atoms with Crippen LogP contribution in [0.4, 0.5) is 5.95 Å². The van der Waals surface area contributed by atoms with Crippen LogP contribution >= 0.6 is 24.4 Å². The number of anilines is 1. The fraction of sp³-hybridized carbons (Fsp3) is 0. The molecule has 2 aromatic rings. The zero-order valence-corrected chi connectivity index (χ0v) is 7.83. The van der Waals surface area contributed by atoms with Crippen molar-refractivity contribution in [3.63, 3.8) is 0 Å². The second-order valence-corrected chi connectivity index (χ2v) is 3.11. The minimum Gasteiger partial charge on any atom is -0.367 e. The number of hydrogen-bond donors (Lipinski definition) is 2. The first-order valence-electron chi connectivity index (χ1n) is 3.22. The van der Waals surface area contributed by atoms with Crippen LogP contribution in [0.3, 0.4) is 0 Å². The highest BCUT2D eigenvalue weighted by atomic mass is 35.5. The molecule has 0 aliphatic heterocycles. The molecule has 0 radical (unpaired) electrons. The van der Waals surface area contributed by atoms with E-state index in [4.69, 9.17) is 17.3 Å². The molecule has 68 valence electrons. The van der Waals surface area contributed by atoms with Gasteiger partial charge in [-0.2, -0.15) is 5.10 Å². The molecule has 2 aromatic heterocycles. The quantitative estimate of drug-likeness (QED) is 0.600. The Balaban J connectivity index is 3.06. The summed E-state index contributed by atoms with van der Waals surface area (Å²) in [5, 5.41) is 7.69. The van der Waals surface area contributed by atoms with Crippen molar-refractivity contribution in [2.45, 2.75) is 0 Å². The maximum Gasteiger partial charge on any atom is 0.292 e. The third-order valence-corrected chi connectivity index (χ3v) is 2.18. The SMILES string of the molecule is Nc1nn2ncc(Cl)c2c(=O)n1S. The highest BCUT2D eigenvalue weighted by Gasteiger charge is 2.10. The van der Waals surface area contributed by atoms with Crippen molar-refractivity contribution in [1.82, 2.24) is 18.8 Å². The molecule has 0 saturated heterocycles. The van der Waals surface area contributed by atoms with Crippen LogP contribution in [0.15, 0.2) is 11.0 Å². The lowest BCUT2D eigenvalue weighted by Crippen LogP contribution is -2.21. The molecule has 0 spiro atoms. The minimum atomic E-state index is -0.446. The molecular weight excluding hydrogens is 214 g/mol. The summed E-state index contributed by atoms with van der Waals surface area (Å²) in [5.74, 6) is -0.0411. The van der Waals surface area contributed by atoms with Crippen LogP contribution in [0, 0.1) is 0 Å². The largest absolute Gasteiger partial charge is 0.367 e. The Morgan fingerprint density at radius 3 is 3.00 bits per heavy atom. The van der Waals surface area contributed by atoms with Crippen molar-refractivity contribution in [2.24, 2.45) is 0 Å². The van der Waals surface area contributed by atoms with Crippen LogP contribution in [0.1, 0.15) is 0 Å². The van der Waals surface area contributed by atoms with Gasteiger partial charge in [0.05, 0.1) is 11.2 Å². The molecule has 0 aliphatic carbocycles. The van der Waals surface area contributed by atoms with Crippen molar-refractivity contribution in [1.29, 1.82) is 0 Å². The molecule has 13 heavy (non-hydrogen) atoms. The van der Waals surface area contributed by atoms with Crippen LogP contribution in [0.25, 0.3) is 5.52 Å². The standard InChI is InChI=1S/C5H4ClN5OS/c6-2-1-8-11-3(2)4(12)10(13)5(7)9-11/h1,13H,(H2,7,9). The number of rotatable bonds is 0. The first-order chi connectivity index (χ1) is 6.11. The van der Waals surface area contributed by atoms with Crippen molar-refractivity contribution in [3.05, 3.63) is 21.6 Å². The first-order valence-corrected chi connectivity index (χ1v) is 4.00.